The number of nitro groups is 1. The highest BCUT2D eigenvalue weighted by Gasteiger charge is 2.32. The summed E-state index contributed by atoms with van der Waals surface area (Å²) in [6.45, 7) is 4.08. The first-order valence-electron chi connectivity index (χ1n) is 10.1. The molecule has 0 fully saturated rings. The molecule has 1 unspecified atom stereocenters. The van der Waals surface area contributed by atoms with Crippen LogP contribution >= 0.6 is 0 Å². The Morgan fingerprint density at radius 2 is 1.78 bits per heavy atom. The third-order valence-electron chi connectivity index (χ3n) is 5.23. The molecule has 0 saturated heterocycles. The number of ether oxygens (including phenoxy) is 1. The molecule has 8 heteroatoms. The highest BCUT2D eigenvalue weighted by molar-refractivity contribution is 6.05. The second-order valence-electron chi connectivity index (χ2n) is 7.61. The molecule has 4 rings (SSSR count). The quantitative estimate of drug-likeness (QED) is 0.474. The summed E-state index contributed by atoms with van der Waals surface area (Å²) < 4.78 is 5.74. The van der Waals surface area contributed by atoms with Crippen molar-refractivity contribution in [1.82, 2.24) is 0 Å². The minimum atomic E-state index is -0.617. The first kappa shape index (κ1) is 21.0. The van der Waals surface area contributed by atoms with Gasteiger partial charge < -0.3 is 15.0 Å². The minimum Gasteiger partial charge on any atom is -0.479 e. The molecule has 0 saturated carbocycles. The zero-order chi connectivity index (χ0) is 22.8. The number of nitro benzene ring substituents is 1. The van der Waals surface area contributed by atoms with Crippen LogP contribution in [0.1, 0.15) is 28.4 Å². The molecule has 0 aromatic heterocycles. The Labute approximate surface area is 184 Å². The van der Waals surface area contributed by atoms with E-state index >= 15 is 0 Å². The van der Waals surface area contributed by atoms with E-state index in [2.05, 4.69) is 5.32 Å². The highest BCUT2D eigenvalue weighted by atomic mass is 16.6. The third-order valence-corrected chi connectivity index (χ3v) is 5.23. The number of nitrogens with one attached hydrogen (secondary N) is 1. The Hall–Kier alpha value is -4.20. The summed E-state index contributed by atoms with van der Waals surface area (Å²) in [7, 11) is 0. The van der Waals surface area contributed by atoms with Gasteiger partial charge in [-0.05, 0) is 49.7 Å². The number of non-ortho nitro benzene ring substituents is 1. The monoisotopic (exact) mass is 431 g/mol. The molecule has 32 heavy (non-hydrogen) atoms. The number of rotatable bonds is 5. The largest absolute Gasteiger partial charge is 0.479 e. The number of nitrogens with zero attached hydrogens (tertiary/aromatic N) is 2. The van der Waals surface area contributed by atoms with Crippen LogP contribution < -0.4 is 15.0 Å². The second kappa shape index (κ2) is 8.50. The molecule has 0 bridgehead atoms. The van der Waals surface area contributed by atoms with Gasteiger partial charge in [0.1, 0.15) is 5.75 Å². The van der Waals surface area contributed by atoms with Gasteiger partial charge in [-0.3, -0.25) is 19.7 Å². The summed E-state index contributed by atoms with van der Waals surface area (Å²) in [5.41, 5.74) is 3.34. The Balaban J connectivity index is 1.59. The van der Waals surface area contributed by atoms with E-state index in [0.717, 1.165) is 11.1 Å². The predicted octanol–water partition coefficient (Wildman–Crippen LogP) is 4.47. The van der Waals surface area contributed by atoms with Crippen molar-refractivity contribution in [3.8, 4) is 5.75 Å². The van der Waals surface area contributed by atoms with E-state index in [1.807, 2.05) is 31.2 Å². The van der Waals surface area contributed by atoms with Crippen molar-refractivity contribution in [1.29, 1.82) is 0 Å². The van der Waals surface area contributed by atoms with Crippen LogP contribution in [-0.2, 0) is 11.3 Å². The lowest BCUT2D eigenvalue weighted by molar-refractivity contribution is -0.384. The number of amides is 2. The van der Waals surface area contributed by atoms with Gasteiger partial charge in [-0.25, -0.2) is 0 Å². The Kier molecular flexibility index (Phi) is 5.59. The topological polar surface area (TPSA) is 102 Å². The summed E-state index contributed by atoms with van der Waals surface area (Å²) in [4.78, 5) is 37.4. The highest BCUT2D eigenvalue weighted by Crippen LogP contribution is 2.37. The van der Waals surface area contributed by atoms with E-state index in [4.69, 9.17) is 4.74 Å². The van der Waals surface area contributed by atoms with E-state index in [0.29, 0.717) is 23.7 Å². The molecule has 1 N–H and O–H groups in total. The molecular weight excluding hydrogens is 410 g/mol. The van der Waals surface area contributed by atoms with Crippen LogP contribution in [0.2, 0.25) is 0 Å². The summed E-state index contributed by atoms with van der Waals surface area (Å²) in [5, 5.41) is 13.6. The minimum absolute atomic E-state index is 0.0909. The summed E-state index contributed by atoms with van der Waals surface area (Å²) in [6.07, 6.45) is -0.617. The molecule has 0 aliphatic carbocycles. The Morgan fingerprint density at radius 1 is 1.09 bits per heavy atom. The van der Waals surface area contributed by atoms with Crippen molar-refractivity contribution in [3.63, 3.8) is 0 Å². The average molecular weight is 431 g/mol. The van der Waals surface area contributed by atoms with Gasteiger partial charge in [0.25, 0.3) is 17.5 Å². The van der Waals surface area contributed by atoms with Crippen molar-refractivity contribution >= 4 is 28.9 Å². The molecule has 2 amide bonds. The molecule has 3 aromatic carbocycles. The zero-order valence-corrected chi connectivity index (χ0v) is 17.6. The number of hydrogen-bond donors (Lipinski definition) is 1. The van der Waals surface area contributed by atoms with Gasteiger partial charge in [0.05, 0.1) is 17.2 Å². The van der Waals surface area contributed by atoms with Crippen LogP contribution in [0.5, 0.6) is 5.75 Å². The molecule has 8 nitrogen and oxygen atoms in total. The van der Waals surface area contributed by atoms with Gasteiger partial charge in [0.2, 0.25) is 0 Å². The fourth-order valence-electron chi connectivity index (χ4n) is 3.46. The van der Waals surface area contributed by atoms with E-state index in [1.165, 1.54) is 24.3 Å². The number of fused-ring (bicyclic) bond motifs is 1. The van der Waals surface area contributed by atoms with E-state index < -0.39 is 16.9 Å². The smallest absolute Gasteiger partial charge is 0.269 e. The molecule has 162 valence electrons. The number of anilines is 2. The molecular formula is C24H21N3O5. The normalized spacial score (nSPS) is 15.0. The van der Waals surface area contributed by atoms with E-state index in [-0.39, 0.29) is 17.2 Å². The lowest BCUT2D eigenvalue weighted by Gasteiger charge is -2.33. The van der Waals surface area contributed by atoms with Gasteiger partial charge in [-0.1, -0.05) is 29.8 Å². The first-order chi connectivity index (χ1) is 15.3. The number of hydrogen-bond acceptors (Lipinski definition) is 5. The van der Waals surface area contributed by atoms with Crippen molar-refractivity contribution in [2.75, 3.05) is 10.2 Å². The van der Waals surface area contributed by atoms with E-state index in [1.54, 1.807) is 30.0 Å². The van der Waals surface area contributed by atoms with Gasteiger partial charge in [-0.15, -0.1) is 0 Å². The second-order valence-corrected chi connectivity index (χ2v) is 7.61. The zero-order valence-electron chi connectivity index (χ0n) is 17.6. The molecule has 1 atom stereocenters. The number of carbonyl (C=O) groups excluding carboxylic acids is 2. The molecule has 0 radical (unpaired) electrons. The third kappa shape index (κ3) is 4.29. The van der Waals surface area contributed by atoms with Gasteiger partial charge in [0.15, 0.2) is 6.10 Å². The van der Waals surface area contributed by atoms with Crippen molar-refractivity contribution < 1.29 is 19.2 Å². The first-order valence-corrected chi connectivity index (χ1v) is 10.1. The predicted molar refractivity (Wildman–Crippen MR) is 120 cm³/mol. The summed E-state index contributed by atoms with van der Waals surface area (Å²) in [6, 6.07) is 18.4. The maximum atomic E-state index is 12.9. The number of aryl methyl sites for hydroxylation is 1. The Bertz CT molecular complexity index is 1190. The van der Waals surface area contributed by atoms with Crippen LogP contribution in [0.25, 0.3) is 0 Å². The van der Waals surface area contributed by atoms with Crippen LogP contribution in [0.4, 0.5) is 17.1 Å². The molecule has 0 spiro atoms. The van der Waals surface area contributed by atoms with Crippen LogP contribution in [-0.4, -0.2) is 22.8 Å². The van der Waals surface area contributed by atoms with E-state index in [9.17, 15) is 19.7 Å². The lowest BCUT2D eigenvalue weighted by Crippen LogP contribution is -2.44. The van der Waals surface area contributed by atoms with Crippen LogP contribution in [0, 0.1) is 17.0 Å². The number of carbonyl (C=O) groups is 2. The van der Waals surface area contributed by atoms with Crippen LogP contribution in [0.3, 0.4) is 0 Å². The molecule has 1 aliphatic heterocycles. The molecule has 3 aromatic rings. The SMILES string of the molecule is Cc1ccc(CN2C(=O)C(C)Oc3ccc(NC(=O)c4ccc([N+](=O)[O-])cc4)cc32)cc1. The van der Waals surface area contributed by atoms with Gasteiger partial charge in [0, 0.05) is 23.4 Å². The Morgan fingerprint density at radius 3 is 2.44 bits per heavy atom. The van der Waals surface area contributed by atoms with Gasteiger partial charge >= 0.3 is 0 Å². The fourth-order valence-corrected chi connectivity index (χ4v) is 3.46. The summed E-state index contributed by atoms with van der Waals surface area (Å²) >= 11 is 0. The van der Waals surface area contributed by atoms with Crippen molar-refractivity contribution in [2.24, 2.45) is 0 Å². The molecule has 1 heterocycles. The summed E-state index contributed by atoms with van der Waals surface area (Å²) in [5.74, 6) is -0.0316. The lowest BCUT2D eigenvalue weighted by atomic mass is 10.1. The van der Waals surface area contributed by atoms with Crippen LogP contribution in [0.15, 0.2) is 66.7 Å². The van der Waals surface area contributed by atoms with Gasteiger partial charge in [-0.2, -0.15) is 0 Å². The number of benzene rings is 3. The van der Waals surface area contributed by atoms with Crippen molar-refractivity contribution in [3.05, 3.63) is 93.5 Å². The maximum Gasteiger partial charge on any atom is 0.269 e. The van der Waals surface area contributed by atoms with Crippen molar-refractivity contribution in [2.45, 2.75) is 26.5 Å². The molecule has 1 aliphatic rings. The average Bonchev–Trinajstić information content (AvgIpc) is 2.78. The fraction of sp³-hybridized carbons (Fsp3) is 0.167. The standard InChI is InChI=1S/C24H21N3O5/c1-15-3-5-17(6-4-15)14-26-21-13-19(9-12-22(21)32-16(2)24(26)29)25-23(28)18-7-10-20(11-8-18)27(30)31/h3-13,16H,14H2,1-2H3,(H,25,28). The maximum absolute atomic E-state index is 12.9.